The molecule has 2 aliphatic rings. The lowest BCUT2D eigenvalue weighted by molar-refractivity contribution is 0.0419. The molecule has 2 aliphatic heterocycles. The Morgan fingerprint density at radius 2 is 2.18 bits per heavy atom. The molecule has 0 saturated carbocycles. The van der Waals surface area contributed by atoms with Gasteiger partial charge in [0.2, 0.25) is 0 Å². The van der Waals surface area contributed by atoms with E-state index in [4.69, 9.17) is 4.74 Å². The van der Waals surface area contributed by atoms with Crippen molar-refractivity contribution in [2.75, 3.05) is 26.3 Å². The quantitative estimate of drug-likeness (QED) is 0.848. The molecule has 1 atom stereocenters. The molecule has 0 bridgehead atoms. The number of imidazole rings is 1. The molecule has 0 aromatic carbocycles. The maximum atomic E-state index is 5.43. The van der Waals surface area contributed by atoms with Gasteiger partial charge in [-0.2, -0.15) is 0 Å². The van der Waals surface area contributed by atoms with Crippen LogP contribution in [0.1, 0.15) is 36.7 Å². The van der Waals surface area contributed by atoms with Crippen LogP contribution in [0.2, 0.25) is 0 Å². The van der Waals surface area contributed by atoms with Gasteiger partial charge in [0, 0.05) is 43.6 Å². The molecule has 1 N–H and O–H groups in total. The van der Waals surface area contributed by atoms with Crippen LogP contribution in [0.5, 0.6) is 0 Å². The van der Waals surface area contributed by atoms with Gasteiger partial charge in [-0.1, -0.05) is 0 Å². The summed E-state index contributed by atoms with van der Waals surface area (Å²) in [7, 11) is 0. The zero-order chi connectivity index (χ0) is 11.7. The van der Waals surface area contributed by atoms with Crippen molar-refractivity contribution in [2.24, 2.45) is 0 Å². The number of nitrogens with zero attached hydrogens (tertiary/aromatic N) is 2. The molecule has 1 aromatic heterocycles. The van der Waals surface area contributed by atoms with Crippen molar-refractivity contribution in [3.63, 3.8) is 0 Å². The minimum absolute atomic E-state index is 0.603. The highest BCUT2D eigenvalue weighted by Gasteiger charge is 2.31. The Morgan fingerprint density at radius 3 is 2.88 bits per heavy atom. The third-order valence-electron chi connectivity index (χ3n) is 4.04. The number of rotatable bonds is 2. The number of hydrogen-bond donors (Lipinski definition) is 1. The van der Waals surface area contributed by atoms with Gasteiger partial charge in [0.1, 0.15) is 5.82 Å². The van der Waals surface area contributed by atoms with Crippen molar-refractivity contribution in [1.82, 2.24) is 14.9 Å². The fraction of sp³-hybridized carbons (Fsp3) is 0.769. The predicted molar refractivity (Wildman–Crippen MR) is 66.1 cm³/mol. The number of aryl methyl sites for hydroxylation is 1. The second-order valence-electron chi connectivity index (χ2n) is 5.28. The molecule has 1 unspecified atom stereocenters. The third-order valence-corrected chi connectivity index (χ3v) is 4.04. The summed E-state index contributed by atoms with van der Waals surface area (Å²) < 4.78 is 5.43. The van der Waals surface area contributed by atoms with Crippen molar-refractivity contribution in [2.45, 2.75) is 38.1 Å². The lowest BCUT2D eigenvalue weighted by Crippen LogP contribution is -2.37. The first-order chi connectivity index (χ1) is 8.33. The minimum Gasteiger partial charge on any atom is -0.381 e. The topological polar surface area (TPSA) is 41.2 Å². The van der Waals surface area contributed by atoms with Crippen LogP contribution >= 0.6 is 0 Å². The maximum absolute atomic E-state index is 5.43. The van der Waals surface area contributed by atoms with E-state index >= 15 is 0 Å². The summed E-state index contributed by atoms with van der Waals surface area (Å²) in [6.45, 7) is 6.33. The van der Waals surface area contributed by atoms with Crippen LogP contribution in [0, 0.1) is 6.92 Å². The fourth-order valence-electron chi connectivity index (χ4n) is 3.03. The van der Waals surface area contributed by atoms with Gasteiger partial charge in [-0.15, -0.1) is 0 Å². The lowest BCUT2D eigenvalue weighted by Gasteiger charge is -2.30. The van der Waals surface area contributed by atoms with Crippen molar-refractivity contribution < 1.29 is 4.74 Å². The molecular weight excluding hydrogens is 214 g/mol. The molecule has 4 nitrogen and oxygen atoms in total. The molecule has 0 radical (unpaired) electrons. The molecule has 2 saturated heterocycles. The predicted octanol–water partition coefficient (Wildman–Crippen LogP) is 1.69. The van der Waals surface area contributed by atoms with Gasteiger partial charge in [0.05, 0.1) is 0 Å². The number of aromatic amines is 1. The number of likely N-dealkylation sites (tertiary alicyclic amines) is 1. The van der Waals surface area contributed by atoms with E-state index in [0.717, 1.165) is 25.8 Å². The molecule has 0 spiro atoms. The van der Waals surface area contributed by atoms with Crippen LogP contribution in [0.25, 0.3) is 0 Å². The summed E-state index contributed by atoms with van der Waals surface area (Å²) in [4.78, 5) is 10.5. The number of H-pyrrole nitrogens is 1. The molecule has 3 rings (SSSR count). The van der Waals surface area contributed by atoms with Crippen LogP contribution in [0.3, 0.4) is 0 Å². The first kappa shape index (κ1) is 11.2. The van der Waals surface area contributed by atoms with E-state index in [9.17, 15) is 0 Å². The number of hydrogen-bond acceptors (Lipinski definition) is 3. The van der Waals surface area contributed by atoms with Gasteiger partial charge in [0.25, 0.3) is 0 Å². The average Bonchev–Trinajstić information content (AvgIpc) is 2.98. The summed E-state index contributed by atoms with van der Waals surface area (Å²) >= 11 is 0. The van der Waals surface area contributed by atoms with Gasteiger partial charge in [0.15, 0.2) is 0 Å². The molecule has 3 heterocycles. The van der Waals surface area contributed by atoms with Gasteiger partial charge < -0.3 is 9.72 Å². The average molecular weight is 235 g/mol. The van der Waals surface area contributed by atoms with Crippen molar-refractivity contribution in [3.05, 3.63) is 17.7 Å². The van der Waals surface area contributed by atoms with Crippen LogP contribution in [-0.2, 0) is 4.74 Å². The van der Waals surface area contributed by atoms with Crippen molar-refractivity contribution in [1.29, 1.82) is 0 Å². The summed E-state index contributed by atoms with van der Waals surface area (Å²) in [5.74, 6) is 1.78. The number of nitrogens with one attached hydrogen (secondary N) is 1. The largest absolute Gasteiger partial charge is 0.381 e. The van der Waals surface area contributed by atoms with Crippen LogP contribution in [0.4, 0.5) is 0 Å². The second-order valence-corrected chi connectivity index (χ2v) is 5.28. The van der Waals surface area contributed by atoms with Crippen LogP contribution in [0.15, 0.2) is 6.20 Å². The Morgan fingerprint density at radius 1 is 1.35 bits per heavy atom. The lowest BCUT2D eigenvalue weighted by atomic mass is 10.1. The SMILES string of the molecule is Cc1cnc(C2CCN(C3CCOCC3)C2)[nH]1. The molecule has 94 valence electrons. The summed E-state index contributed by atoms with van der Waals surface area (Å²) in [6, 6.07) is 0.741. The summed E-state index contributed by atoms with van der Waals surface area (Å²) in [6.07, 6.45) is 5.57. The highest BCUT2D eigenvalue weighted by molar-refractivity contribution is 5.07. The van der Waals surface area contributed by atoms with E-state index in [1.54, 1.807) is 0 Å². The van der Waals surface area contributed by atoms with Crippen molar-refractivity contribution in [3.8, 4) is 0 Å². The Balaban J connectivity index is 1.61. The molecule has 2 fully saturated rings. The molecular formula is C13H21N3O. The van der Waals surface area contributed by atoms with Gasteiger partial charge in [-0.3, -0.25) is 4.90 Å². The molecule has 4 heteroatoms. The third kappa shape index (κ3) is 2.38. The van der Waals surface area contributed by atoms with Gasteiger partial charge in [-0.25, -0.2) is 4.98 Å². The minimum atomic E-state index is 0.603. The molecule has 0 aliphatic carbocycles. The first-order valence-electron chi connectivity index (χ1n) is 6.66. The number of aromatic nitrogens is 2. The molecule has 1 aromatic rings. The van der Waals surface area contributed by atoms with E-state index < -0.39 is 0 Å². The van der Waals surface area contributed by atoms with Gasteiger partial charge in [-0.05, 0) is 32.7 Å². The van der Waals surface area contributed by atoms with E-state index in [1.165, 1.54) is 37.3 Å². The molecule has 17 heavy (non-hydrogen) atoms. The fourth-order valence-corrected chi connectivity index (χ4v) is 3.03. The van der Waals surface area contributed by atoms with Crippen molar-refractivity contribution >= 4 is 0 Å². The Hall–Kier alpha value is -0.870. The Labute approximate surface area is 102 Å². The van der Waals surface area contributed by atoms with Crippen LogP contribution in [-0.4, -0.2) is 47.2 Å². The zero-order valence-corrected chi connectivity index (χ0v) is 10.5. The number of ether oxygens (including phenoxy) is 1. The normalized spacial score (nSPS) is 27.7. The highest BCUT2D eigenvalue weighted by Crippen LogP contribution is 2.28. The Bertz CT molecular complexity index is 370. The van der Waals surface area contributed by atoms with E-state index in [2.05, 4.69) is 21.8 Å². The standard InChI is InChI=1S/C13H21N3O/c1-10-8-14-13(15-10)11-2-5-16(9-11)12-3-6-17-7-4-12/h8,11-12H,2-7,9H2,1H3,(H,14,15). The highest BCUT2D eigenvalue weighted by atomic mass is 16.5. The van der Waals surface area contributed by atoms with E-state index in [-0.39, 0.29) is 0 Å². The summed E-state index contributed by atoms with van der Waals surface area (Å²) in [5, 5.41) is 0. The van der Waals surface area contributed by atoms with E-state index in [1.807, 2.05) is 6.20 Å². The monoisotopic (exact) mass is 235 g/mol. The first-order valence-corrected chi connectivity index (χ1v) is 6.66. The second kappa shape index (κ2) is 4.78. The smallest absolute Gasteiger partial charge is 0.110 e. The van der Waals surface area contributed by atoms with Crippen LogP contribution < -0.4 is 0 Å². The molecule has 0 amide bonds. The summed E-state index contributed by atoms with van der Waals surface area (Å²) in [5.41, 5.74) is 1.17. The zero-order valence-electron chi connectivity index (χ0n) is 10.5. The van der Waals surface area contributed by atoms with Gasteiger partial charge >= 0.3 is 0 Å². The maximum Gasteiger partial charge on any atom is 0.110 e. The Kier molecular flexibility index (Phi) is 3.16. The van der Waals surface area contributed by atoms with E-state index in [0.29, 0.717) is 5.92 Å².